The Morgan fingerprint density at radius 3 is 2.37 bits per heavy atom. The number of hydrogen-bond acceptors (Lipinski definition) is 7. The second kappa shape index (κ2) is 8.05. The molecule has 1 aliphatic rings. The predicted molar refractivity (Wildman–Crippen MR) is 107 cm³/mol. The number of alkyl halides is 3. The molecular weight excluding hydrogens is 433 g/mol. The molecule has 1 saturated heterocycles. The minimum atomic E-state index is -3.29. The summed E-state index contributed by atoms with van der Waals surface area (Å²) in [4.78, 5) is 15.4. The van der Waals surface area contributed by atoms with Crippen molar-refractivity contribution in [1.82, 2.24) is 20.3 Å². The molecule has 0 bridgehead atoms. The van der Waals surface area contributed by atoms with Crippen molar-refractivity contribution in [3.05, 3.63) is 30.1 Å². The summed E-state index contributed by atoms with van der Waals surface area (Å²) in [5, 5.41) is 3.31. The van der Waals surface area contributed by atoms with Crippen molar-refractivity contribution >= 4 is 50.6 Å². The van der Waals surface area contributed by atoms with Crippen LogP contribution in [0.5, 0.6) is 0 Å². The minimum Gasteiger partial charge on any atom is -0.339 e. The van der Waals surface area contributed by atoms with E-state index in [1.54, 1.807) is 12.1 Å². The van der Waals surface area contributed by atoms with Gasteiger partial charge in [0.05, 0.1) is 4.90 Å². The zero-order valence-electron chi connectivity index (χ0n) is 14.5. The zero-order valence-corrected chi connectivity index (χ0v) is 17.6. The fourth-order valence-electron chi connectivity index (χ4n) is 2.66. The van der Waals surface area contributed by atoms with E-state index in [0.29, 0.717) is 17.3 Å². The number of anilines is 1. The zero-order chi connectivity index (χ0) is 19.7. The average Bonchev–Trinajstić information content (AvgIpc) is 2.89. The molecule has 0 unspecified atom stereocenters. The van der Waals surface area contributed by atoms with Crippen LogP contribution in [0.2, 0.25) is 0 Å². The molecule has 0 saturated carbocycles. The summed E-state index contributed by atoms with van der Waals surface area (Å²) in [6, 6.07) is 6.25. The molecule has 0 aliphatic carbocycles. The number of nitrogens with zero attached hydrogens (tertiary/aromatic N) is 4. The number of nitrogens with one attached hydrogen (secondary N) is 1. The largest absolute Gasteiger partial charge is 0.339 e. The third kappa shape index (κ3) is 5.20. The molecule has 27 heavy (non-hydrogen) atoms. The topological polar surface area (TPSA) is 88.1 Å². The molecule has 1 fully saturated rings. The molecule has 0 amide bonds. The summed E-state index contributed by atoms with van der Waals surface area (Å²) < 4.78 is 21.5. The maximum absolute atomic E-state index is 11.7. The highest BCUT2D eigenvalue weighted by Gasteiger charge is 2.29. The monoisotopic (exact) mass is 449 g/mol. The average molecular weight is 451 g/mol. The summed E-state index contributed by atoms with van der Waals surface area (Å²) in [6.07, 6.45) is 2.09. The molecule has 1 aromatic heterocycles. The van der Waals surface area contributed by atoms with Gasteiger partial charge in [0.25, 0.3) is 0 Å². The van der Waals surface area contributed by atoms with Gasteiger partial charge >= 0.3 is 0 Å². The van der Waals surface area contributed by atoms with E-state index in [2.05, 4.69) is 20.3 Å². The van der Waals surface area contributed by atoms with Crippen LogP contribution in [0.1, 0.15) is 12.2 Å². The van der Waals surface area contributed by atoms with Crippen LogP contribution in [-0.4, -0.2) is 55.8 Å². The molecule has 0 radical (unpaired) electrons. The standard InChI is InChI=1S/C16H18Cl3N5O2S/c1-27(25,26)12-5-3-11(4-6-12)13-21-14(16(17,18)19)23-15(22-13)24-9-2-7-20-8-10-24/h3-6,20H,2,7-10H2,1H3. The molecule has 7 nitrogen and oxygen atoms in total. The lowest BCUT2D eigenvalue weighted by molar-refractivity contribution is 0.602. The molecule has 1 N–H and O–H groups in total. The van der Waals surface area contributed by atoms with Gasteiger partial charge in [-0.25, -0.2) is 13.4 Å². The van der Waals surface area contributed by atoms with Crippen molar-refractivity contribution in [2.75, 3.05) is 37.3 Å². The van der Waals surface area contributed by atoms with Crippen molar-refractivity contribution in [3.8, 4) is 11.4 Å². The van der Waals surface area contributed by atoms with Crippen LogP contribution in [0.3, 0.4) is 0 Å². The van der Waals surface area contributed by atoms with E-state index in [4.69, 9.17) is 34.8 Å². The van der Waals surface area contributed by atoms with Gasteiger partial charge in [-0.15, -0.1) is 0 Å². The summed E-state index contributed by atoms with van der Waals surface area (Å²) in [5.74, 6) is 0.771. The number of rotatable bonds is 3. The Labute approximate surface area is 173 Å². The van der Waals surface area contributed by atoms with Gasteiger partial charge in [-0.2, -0.15) is 9.97 Å². The maximum Gasteiger partial charge on any atom is 0.250 e. The number of aromatic nitrogens is 3. The van der Waals surface area contributed by atoms with Gasteiger partial charge in [0.15, 0.2) is 21.5 Å². The predicted octanol–water partition coefficient (Wildman–Crippen LogP) is 2.57. The molecule has 0 atom stereocenters. The van der Waals surface area contributed by atoms with Crippen LogP contribution < -0.4 is 10.2 Å². The minimum absolute atomic E-state index is 0.0249. The van der Waals surface area contributed by atoms with Gasteiger partial charge in [0, 0.05) is 31.5 Å². The number of hydrogen-bond donors (Lipinski definition) is 1. The van der Waals surface area contributed by atoms with Crippen LogP contribution in [0.15, 0.2) is 29.2 Å². The summed E-state index contributed by atoms with van der Waals surface area (Å²) in [5.41, 5.74) is 0.606. The Balaban J connectivity index is 2.04. The summed E-state index contributed by atoms with van der Waals surface area (Å²) in [7, 11) is -3.29. The molecular formula is C16H18Cl3N5O2S. The van der Waals surface area contributed by atoms with Crippen molar-refractivity contribution < 1.29 is 8.42 Å². The smallest absolute Gasteiger partial charge is 0.250 e. The van der Waals surface area contributed by atoms with Gasteiger partial charge in [0.2, 0.25) is 9.74 Å². The third-order valence-electron chi connectivity index (χ3n) is 4.04. The van der Waals surface area contributed by atoms with E-state index in [0.717, 1.165) is 38.9 Å². The van der Waals surface area contributed by atoms with E-state index >= 15 is 0 Å². The van der Waals surface area contributed by atoms with E-state index in [-0.39, 0.29) is 10.7 Å². The van der Waals surface area contributed by atoms with Crippen molar-refractivity contribution in [2.24, 2.45) is 0 Å². The van der Waals surface area contributed by atoms with Crippen LogP contribution in [0.25, 0.3) is 11.4 Å². The van der Waals surface area contributed by atoms with Crippen molar-refractivity contribution in [3.63, 3.8) is 0 Å². The molecule has 3 rings (SSSR count). The van der Waals surface area contributed by atoms with Gasteiger partial charge in [-0.1, -0.05) is 34.8 Å². The van der Waals surface area contributed by atoms with Crippen LogP contribution >= 0.6 is 34.8 Å². The first-order valence-electron chi connectivity index (χ1n) is 8.24. The highest BCUT2D eigenvalue weighted by atomic mass is 35.6. The molecule has 2 aromatic rings. The molecule has 146 valence electrons. The highest BCUT2D eigenvalue weighted by molar-refractivity contribution is 7.90. The number of sulfone groups is 1. The Bertz CT molecular complexity index is 909. The summed E-state index contributed by atoms with van der Waals surface area (Å²) in [6.45, 7) is 3.20. The van der Waals surface area contributed by atoms with Crippen LogP contribution in [0.4, 0.5) is 5.95 Å². The van der Waals surface area contributed by atoms with Gasteiger partial charge in [-0.05, 0) is 37.2 Å². The second-order valence-electron chi connectivity index (χ2n) is 6.17. The normalized spacial score (nSPS) is 16.2. The number of halogens is 3. The molecule has 0 spiro atoms. The number of benzene rings is 1. The molecule has 1 aliphatic heterocycles. The lowest BCUT2D eigenvalue weighted by Gasteiger charge is -2.22. The highest BCUT2D eigenvalue weighted by Crippen LogP contribution is 2.37. The van der Waals surface area contributed by atoms with E-state index in [1.165, 1.54) is 12.1 Å². The first kappa shape index (κ1) is 20.5. The Morgan fingerprint density at radius 2 is 1.74 bits per heavy atom. The first-order valence-corrected chi connectivity index (χ1v) is 11.3. The summed E-state index contributed by atoms with van der Waals surface area (Å²) >= 11 is 18.0. The first-order chi connectivity index (χ1) is 12.6. The lowest BCUT2D eigenvalue weighted by atomic mass is 10.2. The van der Waals surface area contributed by atoms with Crippen LogP contribution in [0, 0.1) is 0 Å². The fourth-order valence-corrected chi connectivity index (χ4v) is 3.54. The Hall–Kier alpha value is -1.19. The quantitative estimate of drug-likeness (QED) is 0.719. The Kier molecular flexibility index (Phi) is 6.12. The maximum atomic E-state index is 11.7. The SMILES string of the molecule is CS(=O)(=O)c1ccc(-c2nc(N3CCCNCC3)nc(C(Cl)(Cl)Cl)n2)cc1. The van der Waals surface area contributed by atoms with E-state index in [1.807, 2.05) is 4.90 Å². The van der Waals surface area contributed by atoms with E-state index in [9.17, 15) is 8.42 Å². The van der Waals surface area contributed by atoms with Crippen LogP contribution in [-0.2, 0) is 13.6 Å². The van der Waals surface area contributed by atoms with Gasteiger partial charge < -0.3 is 10.2 Å². The lowest BCUT2D eigenvalue weighted by Crippen LogP contribution is -2.30. The second-order valence-corrected chi connectivity index (χ2v) is 10.5. The molecule has 11 heteroatoms. The fraction of sp³-hybridized carbons (Fsp3) is 0.438. The van der Waals surface area contributed by atoms with Crippen molar-refractivity contribution in [1.29, 1.82) is 0 Å². The van der Waals surface area contributed by atoms with Crippen molar-refractivity contribution in [2.45, 2.75) is 15.1 Å². The van der Waals surface area contributed by atoms with Gasteiger partial charge in [0.1, 0.15) is 0 Å². The van der Waals surface area contributed by atoms with E-state index < -0.39 is 13.6 Å². The molecule has 2 heterocycles. The third-order valence-corrected chi connectivity index (χ3v) is 5.68. The molecule has 1 aromatic carbocycles. The Morgan fingerprint density at radius 1 is 1.04 bits per heavy atom. The van der Waals surface area contributed by atoms with Gasteiger partial charge in [-0.3, -0.25) is 0 Å².